The molecule has 1 aliphatic heterocycles. The molecule has 3 aromatic carbocycles. The summed E-state index contributed by atoms with van der Waals surface area (Å²) in [6.45, 7) is 4.13. The van der Waals surface area contributed by atoms with Gasteiger partial charge < -0.3 is 4.90 Å². The van der Waals surface area contributed by atoms with Gasteiger partial charge in [-0.05, 0) is 47.4 Å². The quantitative estimate of drug-likeness (QED) is 0.643. The van der Waals surface area contributed by atoms with E-state index in [1.165, 1.54) is 12.1 Å². The van der Waals surface area contributed by atoms with Crippen LogP contribution in [0.15, 0.2) is 78.9 Å². The monoisotopic (exact) mass is 388 g/mol. The van der Waals surface area contributed by atoms with E-state index < -0.39 is 0 Å². The van der Waals surface area contributed by atoms with Gasteiger partial charge in [0.05, 0.1) is 0 Å². The lowest BCUT2D eigenvalue weighted by Gasteiger charge is -2.34. The highest BCUT2D eigenvalue weighted by atomic mass is 19.1. The van der Waals surface area contributed by atoms with Crippen LogP contribution in [-0.4, -0.2) is 48.4 Å². The number of hydrogen-bond acceptors (Lipinski definition) is 2. The first-order valence-corrected chi connectivity index (χ1v) is 10.1. The molecule has 0 radical (unpaired) electrons. The molecule has 1 heterocycles. The van der Waals surface area contributed by atoms with Crippen LogP contribution < -0.4 is 0 Å². The number of piperazine rings is 1. The first-order valence-electron chi connectivity index (χ1n) is 10.1. The summed E-state index contributed by atoms with van der Waals surface area (Å²) in [6.07, 6.45) is 0.896. The molecule has 4 rings (SSSR count). The van der Waals surface area contributed by atoms with Crippen molar-refractivity contribution in [2.45, 2.75) is 6.42 Å². The van der Waals surface area contributed by atoms with Gasteiger partial charge in [0.15, 0.2) is 0 Å². The van der Waals surface area contributed by atoms with E-state index in [1.807, 2.05) is 59.5 Å². The third kappa shape index (κ3) is 4.90. The average molecular weight is 388 g/mol. The summed E-state index contributed by atoms with van der Waals surface area (Å²) in [5, 5.41) is 0. The summed E-state index contributed by atoms with van der Waals surface area (Å²) in [6, 6.07) is 24.7. The maximum absolute atomic E-state index is 13.0. The Kier molecular flexibility index (Phi) is 6.01. The van der Waals surface area contributed by atoms with Crippen molar-refractivity contribution in [2.75, 3.05) is 32.7 Å². The van der Waals surface area contributed by atoms with Gasteiger partial charge in [0.1, 0.15) is 5.82 Å². The van der Waals surface area contributed by atoms with Crippen LogP contribution >= 0.6 is 0 Å². The lowest BCUT2D eigenvalue weighted by molar-refractivity contribution is 0.0638. The van der Waals surface area contributed by atoms with E-state index in [9.17, 15) is 9.18 Å². The minimum absolute atomic E-state index is 0.0981. The Morgan fingerprint density at radius 3 is 2.21 bits per heavy atom. The topological polar surface area (TPSA) is 23.6 Å². The smallest absolute Gasteiger partial charge is 0.253 e. The summed E-state index contributed by atoms with van der Waals surface area (Å²) in [5.41, 5.74) is 4.07. The molecule has 0 aromatic heterocycles. The molecule has 0 unspecified atom stereocenters. The third-order valence-corrected chi connectivity index (χ3v) is 5.51. The molecule has 0 N–H and O–H groups in total. The van der Waals surface area contributed by atoms with Gasteiger partial charge >= 0.3 is 0 Å². The zero-order valence-corrected chi connectivity index (χ0v) is 16.4. The highest BCUT2D eigenvalue weighted by molar-refractivity contribution is 5.95. The van der Waals surface area contributed by atoms with Crippen LogP contribution in [0, 0.1) is 5.82 Å². The molecule has 0 bridgehead atoms. The Morgan fingerprint density at radius 1 is 0.793 bits per heavy atom. The van der Waals surface area contributed by atoms with Crippen molar-refractivity contribution in [2.24, 2.45) is 0 Å². The summed E-state index contributed by atoms with van der Waals surface area (Å²) in [5.74, 6) is -0.0989. The van der Waals surface area contributed by atoms with Crippen LogP contribution in [0.25, 0.3) is 11.1 Å². The predicted molar refractivity (Wildman–Crippen MR) is 114 cm³/mol. The lowest BCUT2D eigenvalue weighted by atomic mass is 10.0. The number of hydrogen-bond donors (Lipinski definition) is 0. The fraction of sp³-hybridized carbons (Fsp3) is 0.240. The summed E-state index contributed by atoms with van der Waals surface area (Å²) >= 11 is 0. The van der Waals surface area contributed by atoms with Gasteiger partial charge in [0, 0.05) is 38.3 Å². The second-order valence-corrected chi connectivity index (χ2v) is 7.46. The molecule has 29 heavy (non-hydrogen) atoms. The van der Waals surface area contributed by atoms with Crippen molar-refractivity contribution in [1.29, 1.82) is 0 Å². The van der Waals surface area contributed by atoms with Crippen LogP contribution in [0.5, 0.6) is 0 Å². The molecule has 1 saturated heterocycles. The standard InChI is InChI=1S/C25H25FN2O/c26-24-11-9-20(10-12-24)13-14-27-15-17-28(18-16-27)25(29)23-8-4-7-22(19-23)21-5-2-1-3-6-21/h1-12,19H,13-18H2. The molecule has 1 fully saturated rings. The predicted octanol–water partition coefficient (Wildman–Crippen LogP) is 4.49. The summed E-state index contributed by atoms with van der Waals surface area (Å²) in [4.78, 5) is 17.3. The SMILES string of the molecule is O=C(c1cccc(-c2ccccc2)c1)N1CCN(CCc2ccc(F)cc2)CC1. The van der Waals surface area contributed by atoms with E-state index in [0.29, 0.717) is 0 Å². The first kappa shape index (κ1) is 19.3. The number of nitrogens with zero attached hydrogens (tertiary/aromatic N) is 2. The molecule has 0 saturated carbocycles. The number of carbonyl (C=O) groups is 1. The molecule has 148 valence electrons. The highest BCUT2D eigenvalue weighted by Crippen LogP contribution is 2.21. The second-order valence-electron chi connectivity index (χ2n) is 7.46. The minimum Gasteiger partial charge on any atom is -0.336 e. The van der Waals surface area contributed by atoms with Gasteiger partial charge in [-0.3, -0.25) is 9.69 Å². The van der Waals surface area contributed by atoms with E-state index in [1.54, 1.807) is 0 Å². The molecule has 0 aliphatic carbocycles. The van der Waals surface area contributed by atoms with Crippen LogP contribution in [0.4, 0.5) is 4.39 Å². The third-order valence-electron chi connectivity index (χ3n) is 5.51. The van der Waals surface area contributed by atoms with Crippen LogP contribution in [0.3, 0.4) is 0 Å². The summed E-state index contributed by atoms with van der Waals surface area (Å²) < 4.78 is 13.0. The molecule has 1 amide bonds. The fourth-order valence-electron chi connectivity index (χ4n) is 3.76. The zero-order valence-electron chi connectivity index (χ0n) is 16.4. The van der Waals surface area contributed by atoms with Gasteiger partial charge in [-0.25, -0.2) is 4.39 Å². The second kappa shape index (κ2) is 9.01. The maximum atomic E-state index is 13.0. The molecule has 0 atom stereocenters. The molecule has 4 heteroatoms. The maximum Gasteiger partial charge on any atom is 0.253 e. The number of benzene rings is 3. The summed E-state index contributed by atoms with van der Waals surface area (Å²) in [7, 11) is 0. The Hall–Kier alpha value is -2.98. The molecule has 0 spiro atoms. The Bertz CT molecular complexity index is 948. The number of carbonyl (C=O) groups excluding carboxylic acids is 1. The van der Waals surface area contributed by atoms with E-state index in [0.717, 1.165) is 61.4 Å². The fourth-order valence-corrected chi connectivity index (χ4v) is 3.76. The zero-order chi connectivity index (χ0) is 20.1. The number of halogens is 1. The average Bonchev–Trinajstić information content (AvgIpc) is 2.79. The molecular formula is C25H25FN2O. The molecule has 3 nitrogen and oxygen atoms in total. The van der Waals surface area contributed by atoms with Crippen molar-refractivity contribution < 1.29 is 9.18 Å². The highest BCUT2D eigenvalue weighted by Gasteiger charge is 2.22. The molecule has 1 aliphatic rings. The first-order chi connectivity index (χ1) is 14.2. The van der Waals surface area contributed by atoms with Crippen molar-refractivity contribution in [3.05, 3.63) is 95.8 Å². The van der Waals surface area contributed by atoms with Crippen LogP contribution in [0.1, 0.15) is 15.9 Å². The Balaban J connectivity index is 1.33. The molecule has 3 aromatic rings. The van der Waals surface area contributed by atoms with Crippen molar-refractivity contribution in [3.63, 3.8) is 0 Å². The largest absolute Gasteiger partial charge is 0.336 e. The number of rotatable bonds is 5. The van der Waals surface area contributed by atoms with Gasteiger partial charge in [0.2, 0.25) is 0 Å². The van der Waals surface area contributed by atoms with E-state index >= 15 is 0 Å². The van der Waals surface area contributed by atoms with Crippen LogP contribution in [0.2, 0.25) is 0 Å². The van der Waals surface area contributed by atoms with Gasteiger partial charge in [-0.1, -0.05) is 54.6 Å². The van der Waals surface area contributed by atoms with Crippen LogP contribution in [-0.2, 0) is 6.42 Å². The van der Waals surface area contributed by atoms with Crippen molar-refractivity contribution in [1.82, 2.24) is 9.80 Å². The lowest BCUT2D eigenvalue weighted by Crippen LogP contribution is -2.49. The number of amides is 1. The minimum atomic E-state index is -0.197. The Morgan fingerprint density at radius 2 is 1.48 bits per heavy atom. The van der Waals surface area contributed by atoms with E-state index in [2.05, 4.69) is 17.0 Å². The van der Waals surface area contributed by atoms with Crippen molar-refractivity contribution >= 4 is 5.91 Å². The van der Waals surface area contributed by atoms with E-state index in [-0.39, 0.29) is 11.7 Å². The Labute approximate surface area is 171 Å². The van der Waals surface area contributed by atoms with E-state index in [4.69, 9.17) is 0 Å². The normalized spacial score (nSPS) is 14.7. The van der Waals surface area contributed by atoms with Crippen molar-refractivity contribution in [3.8, 4) is 11.1 Å². The molecular weight excluding hydrogens is 363 g/mol. The van der Waals surface area contributed by atoms with Gasteiger partial charge in [-0.2, -0.15) is 0 Å². The van der Waals surface area contributed by atoms with Gasteiger partial charge in [0.25, 0.3) is 5.91 Å². The van der Waals surface area contributed by atoms with Gasteiger partial charge in [-0.15, -0.1) is 0 Å².